The first kappa shape index (κ1) is 15.2. The molecule has 1 aromatic heterocycles. The van der Waals surface area contributed by atoms with Crippen LogP contribution < -0.4 is 15.0 Å². The van der Waals surface area contributed by atoms with Crippen molar-refractivity contribution in [1.82, 2.24) is 4.98 Å². The molecule has 4 heteroatoms. The summed E-state index contributed by atoms with van der Waals surface area (Å²) in [5.74, 6) is 1.36. The molecular weight excluding hydrogens is 290 g/mol. The van der Waals surface area contributed by atoms with Crippen LogP contribution in [-0.2, 0) is 6.42 Å². The fourth-order valence-corrected chi connectivity index (χ4v) is 2.92. The van der Waals surface area contributed by atoms with Gasteiger partial charge in [0.2, 0.25) is 0 Å². The molecule has 0 aliphatic carbocycles. The number of pyridine rings is 1. The van der Waals surface area contributed by atoms with E-state index in [-0.39, 0.29) is 5.56 Å². The standard InChI is InChI=1S/C19H19NO3/c1-12-14(11-13-7-5-4-6-8-13)19(21)20-18-16(23-3)10-9-15(22-2)17(12)18/h4-10H,11H2,1-3H3,(H,20,21). The number of rotatable bonds is 4. The van der Waals surface area contributed by atoms with Crippen molar-refractivity contribution in [3.05, 3.63) is 69.5 Å². The van der Waals surface area contributed by atoms with Gasteiger partial charge in [0.05, 0.1) is 19.7 Å². The molecule has 0 unspecified atom stereocenters. The van der Waals surface area contributed by atoms with Crippen LogP contribution in [0.25, 0.3) is 10.9 Å². The highest BCUT2D eigenvalue weighted by molar-refractivity contribution is 5.93. The van der Waals surface area contributed by atoms with E-state index in [1.54, 1.807) is 20.3 Å². The first-order chi connectivity index (χ1) is 11.2. The summed E-state index contributed by atoms with van der Waals surface area (Å²) in [5, 5.41) is 0.886. The molecule has 0 bridgehead atoms. The van der Waals surface area contributed by atoms with Crippen LogP contribution >= 0.6 is 0 Å². The molecule has 1 N–H and O–H groups in total. The molecule has 1 heterocycles. The first-order valence-electron chi connectivity index (χ1n) is 7.46. The normalized spacial score (nSPS) is 10.7. The van der Waals surface area contributed by atoms with E-state index in [9.17, 15) is 4.79 Å². The Labute approximate surface area is 134 Å². The number of fused-ring (bicyclic) bond motifs is 1. The molecule has 0 amide bonds. The zero-order valence-corrected chi connectivity index (χ0v) is 13.5. The zero-order chi connectivity index (χ0) is 16.4. The van der Waals surface area contributed by atoms with E-state index in [2.05, 4.69) is 4.98 Å². The fourth-order valence-electron chi connectivity index (χ4n) is 2.92. The summed E-state index contributed by atoms with van der Waals surface area (Å²) in [6.45, 7) is 1.96. The van der Waals surface area contributed by atoms with E-state index in [1.165, 1.54) is 0 Å². The Morgan fingerprint density at radius 2 is 1.61 bits per heavy atom. The highest BCUT2D eigenvalue weighted by Gasteiger charge is 2.16. The van der Waals surface area contributed by atoms with Gasteiger partial charge in [-0.3, -0.25) is 4.79 Å². The number of hydrogen-bond donors (Lipinski definition) is 1. The monoisotopic (exact) mass is 309 g/mol. The van der Waals surface area contributed by atoms with Gasteiger partial charge in [-0.25, -0.2) is 0 Å². The third-order valence-corrected chi connectivity index (χ3v) is 4.13. The lowest BCUT2D eigenvalue weighted by Gasteiger charge is -2.14. The molecule has 4 nitrogen and oxygen atoms in total. The number of ether oxygens (including phenoxy) is 2. The van der Waals surface area contributed by atoms with Gasteiger partial charge in [0.1, 0.15) is 11.5 Å². The Balaban J connectivity index is 2.26. The van der Waals surface area contributed by atoms with Gasteiger partial charge in [0, 0.05) is 17.4 Å². The smallest absolute Gasteiger partial charge is 0.252 e. The van der Waals surface area contributed by atoms with Crippen molar-refractivity contribution in [3.63, 3.8) is 0 Å². The number of aryl methyl sites for hydroxylation is 1. The summed E-state index contributed by atoms with van der Waals surface area (Å²) in [6.07, 6.45) is 0.582. The Bertz CT molecular complexity index is 898. The molecule has 0 radical (unpaired) electrons. The maximum absolute atomic E-state index is 12.6. The number of methoxy groups -OCH3 is 2. The molecule has 23 heavy (non-hydrogen) atoms. The molecule has 0 aliphatic heterocycles. The van der Waals surface area contributed by atoms with Gasteiger partial charge in [0.15, 0.2) is 0 Å². The topological polar surface area (TPSA) is 51.3 Å². The van der Waals surface area contributed by atoms with Gasteiger partial charge in [-0.1, -0.05) is 30.3 Å². The Morgan fingerprint density at radius 3 is 2.26 bits per heavy atom. The zero-order valence-electron chi connectivity index (χ0n) is 13.5. The third-order valence-electron chi connectivity index (χ3n) is 4.13. The molecule has 0 aliphatic rings. The van der Waals surface area contributed by atoms with Crippen LogP contribution in [0, 0.1) is 6.92 Å². The largest absolute Gasteiger partial charge is 0.496 e. The lowest BCUT2D eigenvalue weighted by molar-refractivity contribution is 0.409. The van der Waals surface area contributed by atoms with Crippen LogP contribution in [0.1, 0.15) is 16.7 Å². The summed E-state index contributed by atoms with van der Waals surface area (Å²) < 4.78 is 10.8. The van der Waals surface area contributed by atoms with Gasteiger partial charge in [-0.2, -0.15) is 0 Å². The van der Waals surface area contributed by atoms with E-state index >= 15 is 0 Å². The van der Waals surface area contributed by atoms with E-state index in [1.807, 2.05) is 43.3 Å². The van der Waals surface area contributed by atoms with Crippen LogP contribution in [0.2, 0.25) is 0 Å². The maximum Gasteiger partial charge on any atom is 0.252 e. The van der Waals surface area contributed by atoms with Crippen molar-refractivity contribution in [2.75, 3.05) is 14.2 Å². The molecule has 2 aromatic carbocycles. The molecule has 0 spiro atoms. The van der Waals surface area contributed by atoms with Gasteiger partial charge in [-0.15, -0.1) is 0 Å². The molecule has 0 atom stereocenters. The minimum atomic E-state index is -0.0922. The SMILES string of the molecule is COc1ccc(OC)c2c(C)c(Cc3ccccc3)c(=O)[nH]c12. The predicted molar refractivity (Wildman–Crippen MR) is 91.7 cm³/mol. The second kappa shape index (κ2) is 6.16. The Morgan fingerprint density at radius 1 is 0.957 bits per heavy atom. The Hall–Kier alpha value is -2.75. The van der Waals surface area contributed by atoms with Gasteiger partial charge >= 0.3 is 0 Å². The number of H-pyrrole nitrogens is 1. The molecule has 3 aromatic rings. The number of benzene rings is 2. The van der Waals surface area contributed by atoms with E-state index in [0.717, 1.165) is 27.8 Å². The van der Waals surface area contributed by atoms with E-state index in [4.69, 9.17) is 9.47 Å². The highest BCUT2D eigenvalue weighted by Crippen LogP contribution is 2.34. The molecule has 118 valence electrons. The van der Waals surface area contributed by atoms with E-state index in [0.29, 0.717) is 17.7 Å². The van der Waals surface area contributed by atoms with Crippen LogP contribution in [0.15, 0.2) is 47.3 Å². The number of nitrogens with one attached hydrogen (secondary N) is 1. The van der Waals surface area contributed by atoms with Gasteiger partial charge in [-0.05, 0) is 30.2 Å². The summed E-state index contributed by atoms with van der Waals surface area (Å²) >= 11 is 0. The van der Waals surface area contributed by atoms with Gasteiger partial charge in [0.25, 0.3) is 5.56 Å². The number of aromatic nitrogens is 1. The van der Waals surface area contributed by atoms with Crippen LogP contribution in [-0.4, -0.2) is 19.2 Å². The lowest BCUT2D eigenvalue weighted by atomic mass is 9.98. The van der Waals surface area contributed by atoms with Crippen molar-refractivity contribution < 1.29 is 9.47 Å². The second-order valence-corrected chi connectivity index (χ2v) is 5.44. The fraction of sp³-hybridized carbons (Fsp3) is 0.211. The van der Waals surface area contributed by atoms with Crippen LogP contribution in [0.4, 0.5) is 0 Å². The molecular formula is C19H19NO3. The minimum Gasteiger partial charge on any atom is -0.496 e. The van der Waals surface area contributed by atoms with Crippen molar-refractivity contribution >= 4 is 10.9 Å². The van der Waals surface area contributed by atoms with Crippen molar-refractivity contribution in [2.45, 2.75) is 13.3 Å². The summed E-state index contributed by atoms with van der Waals surface area (Å²) in [6, 6.07) is 13.6. The first-order valence-corrected chi connectivity index (χ1v) is 7.46. The molecule has 0 fully saturated rings. The predicted octanol–water partition coefficient (Wildman–Crippen LogP) is 3.44. The lowest BCUT2D eigenvalue weighted by Crippen LogP contribution is -2.16. The summed E-state index contributed by atoms with van der Waals surface area (Å²) in [7, 11) is 3.22. The van der Waals surface area contributed by atoms with Crippen molar-refractivity contribution in [1.29, 1.82) is 0 Å². The average molecular weight is 309 g/mol. The van der Waals surface area contributed by atoms with Crippen LogP contribution in [0.5, 0.6) is 11.5 Å². The minimum absolute atomic E-state index is 0.0922. The number of hydrogen-bond acceptors (Lipinski definition) is 3. The van der Waals surface area contributed by atoms with Crippen LogP contribution in [0.3, 0.4) is 0 Å². The third kappa shape index (κ3) is 2.68. The van der Waals surface area contributed by atoms with Gasteiger partial charge < -0.3 is 14.5 Å². The molecule has 3 rings (SSSR count). The summed E-state index contributed by atoms with van der Waals surface area (Å²) in [5.41, 5.74) is 3.34. The maximum atomic E-state index is 12.6. The van der Waals surface area contributed by atoms with Crippen molar-refractivity contribution in [2.24, 2.45) is 0 Å². The molecule has 0 saturated carbocycles. The highest BCUT2D eigenvalue weighted by atomic mass is 16.5. The Kier molecular flexibility index (Phi) is 4.06. The molecule has 0 saturated heterocycles. The second-order valence-electron chi connectivity index (χ2n) is 5.44. The summed E-state index contributed by atoms with van der Waals surface area (Å²) in [4.78, 5) is 15.5. The quantitative estimate of drug-likeness (QED) is 0.803. The van der Waals surface area contributed by atoms with E-state index < -0.39 is 0 Å². The average Bonchev–Trinajstić information content (AvgIpc) is 2.58. The van der Waals surface area contributed by atoms with Crippen molar-refractivity contribution in [3.8, 4) is 11.5 Å². The number of aromatic amines is 1.